The predicted octanol–water partition coefficient (Wildman–Crippen LogP) is 2.95. The van der Waals surface area contributed by atoms with Gasteiger partial charge in [0, 0.05) is 16.7 Å². The first kappa shape index (κ1) is 16.9. The molecule has 1 aromatic rings. The van der Waals surface area contributed by atoms with E-state index in [1.54, 1.807) is 19.1 Å². The van der Waals surface area contributed by atoms with Crippen LogP contribution in [0, 0.1) is 11.2 Å². The minimum Gasteiger partial charge on any atom is -0.386 e. The Labute approximate surface area is 141 Å². The number of carbonyl (C=O) groups is 1. The molecule has 1 saturated carbocycles. The van der Waals surface area contributed by atoms with E-state index in [-0.39, 0.29) is 17.9 Å². The third-order valence-electron chi connectivity index (χ3n) is 5.42. The Morgan fingerprint density at radius 3 is 2.58 bits per heavy atom. The van der Waals surface area contributed by atoms with Gasteiger partial charge in [-0.15, -0.1) is 0 Å². The Kier molecular flexibility index (Phi) is 3.71. The van der Waals surface area contributed by atoms with Crippen LogP contribution in [0.25, 0.3) is 0 Å². The van der Waals surface area contributed by atoms with E-state index in [0.717, 1.165) is 12.8 Å². The number of rotatable bonds is 3. The molecule has 0 bridgehead atoms. The number of halogens is 1. The fourth-order valence-corrected chi connectivity index (χ4v) is 2.91. The van der Waals surface area contributed by atoms with Crippen LogP contribution < -0.4 is 11.1 Å². The van der Waals surface area contributed by atoms with Crippen LogP contribution in [0.1, 0.15) is 46.1 Å². The van der Waals surface area contributed by atoms with Crippen molar-refractivity contribution < 1.29 is 13.9 Å². The van der Waals surface area contributed by atoms with Gasteiger partial charge in [-0.1, -0.05) is 6.92 Å². The lowest BCUT2D eigenvalue weighted by atomic mass is 9.77. The van der Waals surface area contributed by atoms with Gasteiger partial charge in [-0.05, 0) is 51.8 Å². The average Bonchev–Trinajstić information content (AvgIpc) is 3.25. The lowest BCUT2D eigenvalue weighted by molar-refractivity contribution is -0.120. The van der Waals surface area contributed by atoms with Crippen LogP contribution in [0.2, 0.25) is 0 Å². The molecule has 0 saturated heterocycles. The summed E-state index contributed by atoms with van der Waals surface area (Å²) >= 11 is 0. The second kappa shape index (κ2) is 5.28. The molecule has 0 aromatic heterocycles. The second-order valence-corrected chi connectivity index (χ2v) is 7.68. The lowest BCUT2D eigenvalue weighted by Crippen LogP contribution is -2.52. The predicted molar refractivity (Wildman–Crippen MR) is 91.4 cm³/mol. The highest BCUT2D eigenvalue weighted by molar-refractivity contribution is 5.96. The van der Waals surface area contributed by atoms with Crippen LogP contribution in [0.5, 0.6) is 0 Å². The van der Waals surface area contributed by atoms with Gasteiger partial charge in [0.2, 0.25) is 5.91 Å². The maximum atomic E-state index is 14.6. The normalized spacial score (nSPS) is 27.3. The van der Waals surface area contributed by atoms with Crippen molar-refractivity contribution in [3.63, 3.8) is 0 Å². The summed E-state index contributed by atoms with van der Waals surface area (Å²) in [4.78, 5) is 16.7. The smallest absolute Gasteiger partial charge is 0.230 e. The van der Waals surface area contributed by atoms with Crippen molar-refractivity contribution in [2.45, 2.75) is 51.7 Å². The van der Waals surface area contributed by atoms with E-state index in [9.17, 15) is 9.18 Å². The zero-order valence-electron chi connectivity index (χ0n) is 14.6. The van der Waals surface area contributed by atoms with Gasteiger partial charge in [0.25, 0.3) is 0 Å². The van der Waals surface area contributed by atoms with Crippen molar-refractivity contribution in [3.05, 3.63) is 29.6 Å². The molecule has 1 atom stereocenters. The lowest BCUT2D eigenvalue weighted by Gasteiger charge is -2.44. The molecule has 1 aliphatic heterocycles. The SMILES string of the molecule is CC1(C(=O)Nc2ccc(F)c([C@@]3(C)N=C(N)COC3(C)C)c2)CC1. The second-order valence-electron chi connectivity index (χ2n) is 7.68. The summed E-state index contributed by atoms with van der Waals surface area (Å²) in [5.74, 6) is -0.105. The highest BCUT2D eigenvalue weighted by Gasteiger charge is 2.48. The van der Waals surface area contributed by atoms with E-state index in [0.29, 0.717) is 17.1 Å². The number of nitrogens with zero attached hydrogens (tertiary/aromatic N) is 1. The number of amides is 1. The zero-order valence-corrected chi connectivity index (χ0v) is 14.6. The number of nitrogens with two attached hydrogens (primary N) is 1. The Morgan fingerprint density at radius 1 is 1.29 bits per heavy atom. The first-order chi connectivity index (χ1) is 11.1. The van der Waals surface area contributed by atoms with E-state index in [1.165, 1.54) is 6.07 Å². The molecule has 1 aliphatic carbocycles. The van der Waals surface area contributed by atoms with E-state index in [4.69, 9.17) is 10.5 Å². The number of benzene rings is 1. The molecule has 130 valence electrons. The standard InChI is InChI=1S/C18H24FN3O2/c1-16(2)18(4,22-14(20)10-24-16)12-9-11(5-6-13(12)19)21-15(23)17(3)7-8-17/h5-6,9H,7-8,10H2,1-4H3,(H2,20,22)(H,21,23)/t18-/m1/s1. The maximum Gasteiger partial charge on any atom is 0.230 e. The molecule has 0 spiro atoms. The maximum absolute atomic E-state index is 14.6. The third-order valence-corrected chi connectivity index (χ3v) is 5.42. The number of carbonyl (C=O) groups excluding carboxylic acids is 1. The molecule has 1 amide bonds. The summed E-state index contributed by atoms with van der Waals surface area (Å²) in [7, 11) is 0. The van der Waals surface area contributed by atoms with Crippen molar-refractivity contribution in [2.24, 2.45) is 16.1 Å². The van der Waals surface area contributed by atoms with Crippen LogP contribution in [0.4, 0.5) is 10.1 Å². The van der Waals surface area contributed by atoms with Crippen molar-refractivity contribution >= 4 is 17.4 Å². The summed E-state index contributed by atoms with van der Waals surface area (Å²) < 4.78 is 20.4. The molecule has 0 unspecified atom stereocenters. The summed E-state index contributed by atoms with van der Waals surface area (Å²) in [5, 5.41) is 2.88. The Bertz CT molecular complexity index is 725. The number of anilines is 1. The van der Waals surface area contributed by atoms with Crippen LogP contribution in [0.15, 0.2) is 23.2 Å². The molecular weight excluding hydrogens is 309 g/mol. The molecular formula is C18H24FN3O2. The number of hydrogen-bond donors (Lipinski definition) is 2. The average molecular weight is 333 g/mol. The minimum atomic E-state index is -0.983. The minimum absolute atomic E-state index is 0.0348. The van der Waals surface area contributed by atoms with Crippen LogP contribution in [0.3, 0.4) is 0 Å². The van der Waals surface area contributed by atoms with Crippen LogP contribution in [-0.4, -0.2) is 24.0 Å². The number of ether oxygens (including phenoxy) is 1. The molecule has 6 heteroatoms. The number of nitrogens with one attached hydrogen (secondary N) is 1. The van der Waals surface area contributed by atoms with Gasteiger partial charge in [0.05, 0.1) is 5.60 Å². The van der Waals surface area contributed by atoms with Crippen LogP contribution >= 0.6 is 0 Å². The fraction of sp³-hybridized carbons (Fsp3) is 0.556. The van der Waals surface area contributed by atoms with E-state index in [2.05, 4.69) is 10.3 Å². The first-order valence-electron chi connectivity index (χ1n) is 8.17. The van der Waals surface area contributed by atoms with Gasteiger partial charge in [-0.3, -0.25) is 9.79 Å². The van der Waals surface area contributed by atoms with E-state index >= 15 is 0 Å². The third kappa shape index (κ3) is 2.69. The van der Waals surface area contributed by atoms with Crippen molar-refractivity contribution in [2.75, 3.05) is 11.9 Å². The van der Waals surface area contributed by atoms with Gasteiger partial charge in [-0.2, -0.15) is 0 Å². The molecule has 1 heterocycles. The molecule has 5 nitrogen and oxygen atoms in total. The van der Waals surface area contributed by atoms with Gasteiger partial charge in [-0.25, -0.2) is 4.39 Å². The molecule has 2 aliphatic rings. The highest BCUT2D eigenvalue weighted by Crippen LogP contribution is 2.46. The van der Waals surface area contributed by atoms with Crippen molar-refractivity contribution in [1.29, 1.82) is 0 Å². The van der Waals surface area contributed by atoms with Gasteiger partial charge < -0.3 is 15.8 Å². The Hall–Kier alpha value is -1.95. The summed E-state index contributed by atoms with van der Waals surface area (Å²) in [6.45, 7) is 7.67. The van der Waals surface area contributed by atoms with Gasteiger partial charge >= 0.3 is 0 Å². The van der Waals surface area contributed by atoms with E-state index in [1.807, 2.05) is 20.8 Å². The van der Waals surface area contributed by atoms with Gasteiger partial charge in [0.1, 0.15) is 23.8 Å². The quantitative estimate of drug-likeness (QED) is 0.893. The van der Waals surface area contributed by atoms with E-state index < -0.39 is 17.0 Å². The number of aliphatic imine (C=N–C) groups is 1. The Morgan fingerprint density at radius 2 is 1.96 bits per heavy atom. The number of amidine groups is 1. The molecule has 3 rings (SSSR count). The highest BCUT2D eigenvalue weighted by atomic mass is 19.1. The number of hydrogen-bond acceptors (Lipinski definition) is 4. The summed E-state index contributed by atoms with van der Waals surface area (Å²) in [6.07, 6.45) is 1.76. The molecule has 1 aromatic carbocycles. The topological polar surface area (TPSA) is 76.7 Å². The van der Waals surface area contributed by atoms with Crippen molar-refractivity contribution in [3.8, 4) is 0 Å². The fourth-order valence-electron chi connectivity index (χ4n) is 2.91. The first-order valence-corrected chi connectivity index (χ1v) is 8.17. The Balaban J connectivity index is 1.99. The molecule has 3 N–H and O–H groups in total. The molecule has 1 fully saturated rings. The zero-order chi connectivity index (χ0) is 17.8. The van der Waals surface area contributed by atoms with Crippen molar-refractivity contribution in [1.82, 2.24) is 0 Å². The summed E-state index contributed by atoms with van der Waals surface area (Å²) in [5.41, 5.74) is 4.73. The molecule has 0 radical (unpaired) electrons. The monoisotopic (exact) mass is 333 g/mol. The largest absolute Gasteiger partial charge is 0.386 e. The summed E-state index contributed by atoms with van der Waals surface area (Å²) in [6, 6.07) is 4.55. The van der Waals surface area contributed by atoms with Gasteiger partial charge in [0.15, 0.2) is 0 Å². The van der Waals surface area contributed by atoms with Crippen LogP contribution in [-0.2, 0) is 15.1 Å². The molecule has 24 heavy (non-hydrogen) atoms.